The van der Waals surface area contributed by atoms with Crippen LogP contribution in [0.25, 0.3) is 11.3 Å². The van der Waals surface area contributed by atoms with Crippen LogP contribution < -0.4 is 9.64 Å². The van der Waals surface area contributed by atoms with Gasteiger partial charge in [0.2, 0.25) is 0 Å². The second kappa shape index (κ2) is 9.24. The average molecular weight is 415 g/mol. The Balaban J connectivity index is 0.00000240. The predicted octanol–water partition coefficient (Wildman–Crippen LogP) is 2.94. The maximum Gasteiger partial charge on any atom is 0.155 e. The van der Waals surface area contributed by atoms with Gasteiger partial charge in [-0.1, -0.05) is 0 Å². The van der Waals surface area contributed by atoms with Crippen LogP contribution in [0.15, 0.2) is 42.9 Å². The fourth-order valence-electron chi connectivity index (χ4n) is 3.68. The molecule has 0 radical (unpaired) electrons. The van der Waals surface area contributed by atoms with Crippen molar-refractivity contribution >= 4 is 18.2 Å². The van der Waals surface area contributed by atoms with Gasteiger partial charge in [-0.2, -0.15) is 5.10 Å². The van der Waals surface area contributed by atoms with E-state index in [0.29, 0.717) is 0 Å². The van der Waals surface area contributed by atoms with Crippen molar-refractivity contribution in [3.8, 4) is 17.0 Å². The Kier molecular flexibility index (Phi) is 6.71. The lowest BCUT2D eigenvalue weighted by molar-refractivity contribution is 0.249. The van der Waals surface area contributed by atoms with Crippen LogP contribution >= 0.6 is 12.4 Å². The smallest absolute Gasteiger partial charge is 0.155 e. The second-order valence-electron chi connectivity index (χ2n) is 7.13. The number of hydrogen-bond acceptors (Lipinski definition) is 6. The van der Waals surface area contributed by atoms with Crippen LogP contribution in [-0.2, 0) is 13.6 Å². The van der Waals surface area contributed by atoms with Gasteiger partial charge in [0.1, 0.15) is 11.4 Å². The summed E-state index contributed by atoms with van der Waals surface area (Å²) >= 11 is 0. The largest absolute Gasteiger partial charge is 0.497 e. The molecule has 4 rings (SSSR count). The van der Waals surface area contributed by atoms with E-state index in [1.54, 1.807) is 19.5 Å². The molecule has 3 aromatic rings. The van der Waals surface area contributed by atoms with Crippen LogP contribution in [0, 0.1) is 6.92 Å². The van der Waals surface area contributed by atoms with Crippen LogP contribution in [0.5, 0.6) is 5.75 Å². The van der Waals surface area contributed by atoms with E-state index in [1.165, 1.54) is 5.56 Å². The molecule has 3 heterocycles. The quantitative estimate of drug-likeness (QED) is 0.639. The molecule has 0 N–H and O–H groups in total. The highest BCUT2D eigenvalue weighted by Crippen LogP contribution is 2.28. The maximum absolute atomic E-state index is 5.26. The maximum atomic E-state index is 5.26. The number of hydrogen-bond donors (Lipinski definition) is 0. The molecule has 8 heteroatoms. The molecule has 2 aromatic heterocycles. The Labute approximate surface area is 177 Å². The first-order valence-electron chi connectivity index (χ1n) is 9.56. The molecule has 0 unspecified atom stereocenters. The molecule has 29 heavy (non-hydrogen) atoms. The van der Waals surface area contributed by atoms with Gasteiger partial charge in [-0.3, -0.25) is 14.6 Å². The van der Waals surface area contributed by atoms with E-state index >= 15 is 0 Å². The van der Waals surface area contributed by atoms with Crippen molar-refractivity contribution in [2.45, 2.75) is 13.5 Å². The summed E-state index contributed by atoms with van der Waals surface area (Å²) in [5, 5.41) is 4.45. The molecule has 0 atom stereocenters. The van der Waals surface area contributed by atoms with E-state index in [1.807, 2.05) is 36.0 Å². The van der Waals surface area contributed by atoms with Crippen molar-refractivity contribution in [3.63, 3.8) is 0 Å². The number of rotatable bonds is 5. The number of piperazine rings is 1. The number of ether oxygens (including phenoxy) is 1. The van der Waals surface area contributed by atoms with Gasteiger partial charge in [0, 0.05) is 69.5 Å². The van der Waals surface area contributed by atoms with E-state index in [9.17, 15) is 0 Å². The molecule has 7 nitrogen and oxygen atoms in total. The summed E-state index contributed by atoms with van der Waals surface area (Å²) in [5.74, 6) is 1.79. The zero-order valence-electron chi connectivity index (χ0n) is 17.1. The van der Waals surface area contributed by atoms with E-state index < -0.39 is 0 Å². The van der Waals surface area contributed by atoms with E-state index in [2.05, 4.69) is 38.0 Å². The third-order valence-corrected chi connectivity index (χ3v) is 5.22. The van der Waals surface area contributed by atoms with Gasteiger partial charge in [-0.05, 0) is 31.2 Å². The van der Waals surface area contributed by atoms with E-state index in [0.717, 1.165) is 61.2 Å². The Morgan fingerprint density at radius 2 is 1.69 bits per heavy atom. The summed E-state index contributed by atoms with van der Waals surface area (Å²) in [5.41, 5.74) is 4.38. The van der Waals surface area contributed by atoms with Gasteiger partial charge >= 0.3 is 0 Å². The van der Waals surface area contributed by atoms with E-state index in [4.69, 9.17) is 4.74 Å². The lowest BCUT2D eigenvalue weighted by Crippen LogP contribution is -2.46. The SMILES string of the molecule is COc1ccc(-c2nccnc2N2CCN(Cc3cn(C)nc3C)CC2)cc1.Cl. The molecule has 0 saturated carbocycles. The number of halogens is 1. The normalized spacial score (nSPS) is 14.5. The van der Waals surface area contributed by atoms with Crippen molar-refractivity contribution < 1.29 is 4.74 Å². The Hall–Kier alpha value is -2.64. The van der Waals surface area contributed by atoms with Gasteiger partial charge in [0.15, 0.2) is 5.82 Å². The molecule has 1 aliphatic rings. The first-order chi connectivity index (χ1) is 13.6. The topological polar surface area (TPSA) is 59.3 Å². The predicted molar refractivity (Wildman–Crippen MR) is 117 cm³/mol. The van der Waals surface area contributed by atoms with E-state index in [-0.39, 0.29) is 12.4 Å². The van der Waals surface area contributed by atoms with Crippen LogP contribution in [0.4, 0.5) is 5.82 Å². The molecule has 1 saturated heterocycles. The molecule has 0 amide bonds. The first kappa shape index (κ1) is 21.1. The molecule has 1 fully saturated rings. The third kappa shape index (κ3) is 4.68. The fraction of sp³-hybridized carbons (Fsp3) is 0.381. The molecule has 1 aromatic carbocycles. The van der Waals surface area contributed by atoms with Crippen molar-refractivity contribution in [3.05, 3.63) is 54.1 Å². The fourth-order valence-corrected chi connectivity index (χ4v) is 3.68. The Bertz CT molecular complexity index is 935. The number of aryl methyl sites for hydroxylation is 2. The lowest BCUT2D eigenvalue weighted by Gasteiger charge is -2.35. The Morgan fingerprint density at radius 1 is 1.00 bits per heavy atom. The lowest BCUT2D eigenvalue weighted by atomic mass is 10.1. The number of benzene rings is 1. The van der Waals surface area contributed by atoms with Gasteiger partial charge in [-0.15, -0.1) is 12.4 Å². The summed E-state index contributed by atoms with van der Waals surface area (Å²) in [6.07, 6.45) is 5.64. The highest BCUT2D eigenvalue weighted by molar-refractivity contribution is 5.85. The number of aromatic nitrogens is 4. The zero-order valence-corrected chi connectivity index (χ0v) is 17.9. The molecular weight excluding hydrogens is 388 g/mol. The highest BCUT2D eigenvalue weighted by Gasteiger charge is 2.22. The van der Waals surface area contributed by atoms with Gasteiger partial charge < -0.3 is 9.64 Å². The molecular formula is C21H27ClN6O. The van der Waals surface area contributed by atoms with Crippen LogP contribution in [0.3, 0.4) is 0 Å². The van der Waals surface area contributed by atoms with Crippen LogP contribution in [0.1, 0.15) is 11.3 Å². The minimum absolute atomic E-state index is 0. The van der Waals surface area contributed by atoms with Gasteiger partial charge in [0.05, 0.1) is 12.8 Å². The van der Waals surface area contributed by atoms with Crippen molar-refractivity contribution in [2.75, 3.05) is 38.2 Å². The second-order valence-corrected chi connectivity index (χ2v) is 7.13. The van der Waals surface area contributed by atoms with Crippen molar-refractivity contribution in [1.82, 2.24) is 24.6 Å². The van der Waals surface area contributed by atoms with Crippen LogP contribution in [0.2, 0.25) is 0 Å². The number of methoxy groups -OCH3 is 1. The summed E-state index contributed by atoms with van der Waals surface area (Å²) in [4.78, 5) is 14.1. The zero-order chi connectivity index (χ0) is 19.5. The third-order valence-electron chi connectivity index (χ3n) is 5.22. The molecule has 0 bridgehead atoms. The van der Waals surface area contributed by atoms with Gasteiger partial charge in [-0.25, -0.2) is 4.98 Å². The summed E-state index contributed by atoms with van der Waals surface area (Å²) in [7, 11) is 3.65. The molecule has 1 aliphatic heterocycles. The Morgan fingerprint density at radius 3 is 2.31 bits per heavy atom. The number of anilines is 1. The van der Waals surface area contributed by atoms with Gasteiger partial charge in [0.25, 0.3) is 0 Å². The minimum atomic E-state index is 0. The minimum Gasteiger partial charge on any atom is -0.497 e. The number of nitrogens with zero attached hydrogens (tertiary/aromatic N) is 6. The molecule has 0 aliphatic carbocycles. The summed E-state index contributed by atoms with van der Waals surface area (Å²) in [6, 6.07) is 7.99. The molecule has 0 spiro atoms. The standard InChI is InChI=1S/C21H26N6O.ClH/c1-16-18(14-25(2)24-16)15-26-10-12-27(13-11-26)21-20(22-8-9-23-21)17-4-6-19(28-3)7-5-17;/h4-9,14H,10-13,15H2,1-3H3;1H. The summed E-state index contributed by atoms with van der Waals surface area (Å²) < 4.78 is 7.15. The average Bonchev–Trinajstić information content (AvgIpc) is 3.05. The highest BCUT2D eigenvalue weighted by atomic mass is 35.5. The monoisotopic (exact) mass is 414 g/mol. The summed E-state index contributed by atoms with van der Waals surface area (Å²) in [6.45, 7) is 6.87. The van der Waals surface area contributed by atoms with Crippen molar-refractivity contribution in [2.24, 2.45) is 7.05 Å². The molecule has 154 valence electrons. The van der Waals surface area contributed by atoms with Crippen molar-refractivity contribution in [1.29, 1.82) is 0 Å². The van der Waals surface area contributed by atoms with Crippen LogP contribution in [-0.4, -0.2) is 57.9 Å². The first-order valence-corrected chi connectivity index (χ1v) is 9.56.